The number of nitrogens with one attached hydrogen (secondary N) is 1. The summed E-state index contributed by atoms with van der Waals surface area (Å²) in [5, 5.41) is 3.51. The molecule has 0 atom stereocenters. The summed E-state index contributed by atoms with van der Waals surface area (Å²) in [6.07, 6.45) is 4.28. The molecule has 0 unspecified atom stereocenters. The molecule has 26 heavy (non-hydrogen) atoms. The van der Waals surface area contributed by atoms with Crippen LogP contribution < -0.4 is 10.1 Å². The molecule has 1 fully saturated rings. The molecule has 1 N–H and O–H groups in total. The van der Waals surface area contributed by atoms with Gasteiger partial charge in [0.15, 0.2) is 0 Å². The Morgan fingerprint density at radius 1 is 1.31 bits per heavy atom. The highest BCUT2D eigenvalue weighted by molar-refractivity contribution is 6.30. The fourth-order valence-corrected chi connectivity index (χ4v) is 2.48. The molecule has 6 heteroatoms. The number of likely N-dealkylation sites (N-methyl/N-ethyl adjacent to an activating group) is 1. The van der Waals surface area contributed by atoms with Crippen LogP contribution in [-0.4, -0.2) is 49.1 Å². The molecule has 1 amide bonds. The lowest BCUT2D eigenvalue weighted by atomic mass is 10.1. The van der Waals surface area contributed by atoms with Crippen LogP contribution in [0.2, 0.25) is 5.02 Å². The van der Waals surface area contributed by atoms with Gasteiger partial charge in [-0.2, -0.15) is 0 Å². The van der Waals surface area contributed by atoms with Gasteiger partial charge in [-0.05, 0) is 43.9 Å². The molecule has 0 bridgehead atoms. The Balaban J connectivity index is 0.00000105. The van der Waals surface area contributed by atoms with Crippen LogP contribution in [0.4, 0.5) is 4.79 Å². The first-order chi connectivity index (χ1) is 12.4. The molecule has 1 heterocycles. The van der Waals surface area contributed by atoms with Crippen molar-refractivity contribution in [3.63, 3.8) is 0 Å². The molecule has 144 valence electrons. The number of carbonyl (C=O) groups excluding carboxylic acids is 1. The standard InChI is InChI=1S/C17H22ClN3O2.C3H8/c1-4-19-12-13(2)15-11-14(18)5-6-16(15)23-17(22)21-9-7-20(3)8-10-21;1-3-2/h4-6,11-12,19H,1,7-10H2,2-3H3;3H2,1-2H3/b13-12+;. The lowest BCUT2D eigenvalue weighted by Crippen LogP contribution is -2.48. The van der Waals surface area contributed by atoms with Gasteiger partial charge >= 0.3 is 6.09 Å². The molecule has 1 saturated heterocycles. The van der Waals surface area contributed by atoms with E-state index in [0.29, 0.717) is 23.9 Å². The van der Waals surface area contributed by atoms with Gasteiger partial charge in [0.1, 0.15) is 5.75 Å². The summed E-state index contributed by atoms with van der Waals surface area (Å²) in [6, 6.07) is 5.22. The highest BCUT2D eigenvalue weighted by atomic mass is 35.5. The van der Waals surface area contributed by atoms with Crippen LogP contribution in [0.1, 0.15) is 32.8 Å². The van der Waals surface area contributed by atoms with E-state index in [9.17, 15) is 4.79 Å². The minimum absolute atomic E-state index is 0.328. The average Bonchev–Trinajstić information content (AvgIpc) is 2.62. The van der Waals surface area contributed by atoms with Gasteiger partial charge < -0.3 is 19.9 Å². The van der Waals surface area contributed by atoms with Gasteiger partial charge in [-0.3, -0.25) is 0 Å². The summed E-state index contributed by atoms with van der Waals surface area (Å²) in [7, 11) is 2.04. The lowest BCUT2D eigenvalue weighted by molar-refractivity contribution is 0.120. The van der Waals surface area contributed by atoms with E-state index in [-0.39, 0.29) is 6.09 Å². The Morgan fingerprint density at radius 3 is 2.50 bits per heavy atom. The zero-order chi connectivity index (χ0) is 19.5. The summed E-state index contributed by atoms with van der Waals surface area (Å²) in [4.78, 5) is 16.3. The number of rotatable bonds is 4. The molecule has 0 spiro atoms. The SMILES string of the molecule is C=CN/C=C(\C)c1cc(Cl)ccc1OC(=O)N1CCN(C)CC1.CCC. The van der Waals surface area contributed by atoms with Crippen molar-refractivity contribution in [2.45, 2.75) is 27.2 Å². The van der Waals surface area contributed by atoms with E-state index in [1.54, 1.807) is 35.5 Å². The van der Waals surface area contributed by atoms with Crippen LogP contribution in [0.5, 0.6) is 5.75 Å². The van der Waals surface area contributed by atoms with Crippen molar-refractivity contribution in [1.29, 1.82) is 0 Å². The number of hydrogen-bond acceptors (Lipinski definition) is 4. The van der Waals surface area contributed by atoms with Crippen LogP contribution in [0.3, 0.4) is 0 Å². The molecule has 5 nitrogen and oxygen atoms in total. The van der Waals surface area contributed by atoms with Crippen LogP contribution in [-0.2, 0) is 0 Å². The largest absolute Gasteiger partial charge is 0.415 e. The van der Waals surface area contributed by atoms with E-state index in [1.807, 2.05) is 14.0 Å². The first-order valence-corrected chi connectivity index (χ1v) is 9.29. The molecule has 0 aromatic heterocycles. The maximum absolute atomic E-state index is 12.3. The summed E-state index contributed by atoms with van der Waals surface area (Å²) in [5.74, 6) is 0.498. The molecule has 2 rings (SSSR count). The highest BCUT2D eigenvalue weighted by Crippen LogP contribution is 2.29. The first kappa shape index (κ1) is 22.1. The maximum atomic E-state index is 12.3. The van der Waals surface area contributed by atoms with Crippen molar-refractivity contribution in [3.05, 3.63) is 47.8 Å². The van der Waals surface area contributed by atoms with E-state index in [1.165, 1.54) is 6.42 Å². The highest BCUT2D eigenvalue weighted by Gasteiger charge is 2.21. The third kappa shape index (κ3) is 7.10. The van der Waals surface area contributed by atoms with Gasteiger partial charge in [0.05, 0.1) is 0 Å². The fraction of sp³-hybridized carbons (Fsp3) is 0.450. The van der Waals surface area contributed by atoms with E-state index in [2.05, 4.69) is 30.6 Å². The minimum Gasteiger partial charge on any atom is -0.410 e. The Hall–Kier alpha value is -1.98. The molecular weight excluding hydrogens is 350 g/mol. The summed E-state index contributed by atoms with van der Waals surface area (Å²) < 4.78 is 5.59. The number of nitrogens with zero attached hydrogens (tertiary/aromatic N) is 2. The summed E-state index contributed by atoms with van der Waals surface area (Å²) in [5.41, 5.74) is 1.67. The van der Waals surface area contributed by atoms with Crippen LogP contribution >= 0.6 is 11.6 Å². The Morgan fingerprint density at radius 2 is 1.92 bits per heavy atom. The van der Waals surface area contributed by atoms with Crippen molar-refractivity contribution < 1.29 is 9.53 Å². The predicted octanol–water partition coefficient (Wildman–Crippen LogP) is 4.60. The van der Waals surface area contributed by atoms with Gasteiger partial charge in [0.2, 0.25) is 0 Å². The van der Waals surface area contributed by atoms with Crippen LogP contribution in [0.25, 0.3) is 5.57 Å². The fourth-order valence-electron chi connectivity index (χ4n) is 2.31. The van der Waals surface area contributed by atoms with Gasteiger partial charge in [0, 0.05) is 43.0 Å². The van der Waals surface area contributed by atoms with Crippen molar-refractivity contribution in [2.75, 3.05) is 33.2 Å². The van der Waals surface area contributed by atoms with Gasteiger partial charge in [-0.1, -0.05) is 38.4 Å². The Kier molecular flexibility index (Phi) is 9.84. The zero-order valence-electron chi connectivity index (χ0n) is 16.2. The molecule has 1 aromatic carbocycles. The van der Waals surface area contributed by atoms with Crippen molar-refractivity contribution in [2.24, 2.45) is 0 Å². The molecule has 1 aliphatic rings. The number of piperazine rings is 1. The van der Waals surface area contributed by atoms with E-state index < -0.39 is 0 Å². The van der Waals surface area contributed by atoms with E-state index in [0.717, 1.165) is 24.2 Å². The molecule has 0 radical (unpaired) electrons. The van der Waals surface area contributed by atoms with Crippen molar-refractivity contribution in [1.82, 2.24) is 15.1 Å². The third-order valence-electron chi connectivity index (χ3n) is 3.74. The topological polar surface area (TPSA) is 44.8 Å². The average molecular weight is 380 g/mol. The summed E-state index contributed by atoms with van der Waals surface area (Å²) >= 11 is 6.07. The molecule has 1 aliphatic heterocycles. The second-order valence-electron chi connectivity index (χ2n) is 6.20. The van der Waals surface area contributed by atoms with Crippen LogP contribution in [0, 0.1) is 0 Å². The molecular formula is C20H30ClN3O2. The van der Waals surface area contributed by atoms with E-state index >= 15 is 0 Å². The number of halogens is 1. The molecule has 1 aromatic rings. The van der Waals surface area contributed by atoms with Crippen molar-refractivity contribution >= 4 is 23.3 Å². The number of amides is 1. The van der Waals surface area contributed by atoms with Gasteiger partial charge in [-0.25, -0.2) is 4.79 Å². The number of ether oxygens (including phenoxy) is 1. The number of hydrogen-bond donors (Lipinski definition) is 1. The van der Waals surface area contributed by atoms with Gasteiger partial charge in [-0.15, -0.1) is 0 Å². The zero-order valence-corrected chi connectivity index (χ0v) is 17.0. The second kappa shape index (κ2) is 11.6. The Labute approximate surface area is 162 Å². The lowest BCUT2D eigenvalue weighted by Gasteiger charge is -2.31. The maximum Gasteiger partial charge on any atom is 0.415 e. The van der Waals surface area contributed by atoms with Gasteiger partial charge in [0.25, 0.3) is 0 Å². The summed E-state index contributed by atoms with van der Waals surface area (Å²) in [6.45, 7) is 12.8. The number of allylic oxidation sites excluding steroid dienone is 1. The van der Waals surface area contributed by atoms with E-state index in [4.69, 9.17) is 16.3 Å². The quantitative estimate of drug-likeness (QED) is 0.830. The third-order valence-corrected chi connectivity index (χ3v) is 3.98. The Bertz CT molecular complexity index is 623. The predicted molar refractivity (Wildman–Crippen MR) is 109 cm³/mol. The number of benzene rings is 1. The molecule has 0 saturated carbocycles. The molecule has 0 aliphatic carbocycles. The smallest absolute Gasteiger partial charge is 0.410 e. The van der Waals surface area contributed by atoms with Crippen LogP contribution in [0.15, 0.2) is 37.2 Å². The normalized spacial score (nSPS) is 15.0. The minimum atomic E-state index is -0.328. The monoisotopic (exact) mass is 379 g/mol. The second-order valence-corrected chi connectivity index (χ2v) is 6.64. The number of carbonyl (C=O) groups is 1. The van der Waals surface area contributed by atoms with Crippen molar-refractivity contribution in [3.8, 4) is 5.75 Å². The first-order valence-electron chi connectivity index (χ1n) is 8.91.